The predicted molar refractivity (Wildman–Crippen MR) is 98.4 cm³/mol. The maximum absolute atomic E-state index is 12.1. The fourth-order valence-corrected chi connectivity index (χ4v) is 4.22. The maximum Gasteiger partial charge on any atom is 0.311 e. The van der Waals surface area contributed by atoms with Crippen LogP contribution >= 0.6 is 0 Å². The van der Waals surface area contributed by atoms with Crippen LogP contribution < -0.4 is 0 Å². The molecular weight excluding hydrogens is 336 g/mol. The van der Waals surface area contributed by atoms with Crippen molar-refractivity contribution < 1.29 is 28.9 Å². The van der Waals surface area contributed by atoms with Crippen molar-refractivity contribution in [1.82, 2.24) is 0 Å². The first-order valence-electron chi connectivity index (χ1n) is 9.46. The first-order valence-corrected chi connectivity index (χ1v) is 9.46. The van der Waals surface area contributed by atoms with E-state index in [1.807, 2.05) is 27.7 Å². The molecule has 0 saturated heterocycles. The molecule has 6 nitrogen and oxygen atoms in total. The van der Waals surface area contributed by atoms with Gasteiger partial charge in [0.1, 0.15) is 13.1 Å². The van der Waals surface area contributed by atoms with Crippen LogP contribution in [0.2, 0.25) is 0 Å². The zero-order valence-electron chi connectivity index (χ0n) is 17.1. The highest BCUT2D eigenvalue weighted by atomic mass is 16.7. The van der Waals surface area contributed by atoms with Crippen LogP contribution in [0.4, 0.5) is 0 Å². The average molecular weight is 373 g/mol. The van der Waals surface area contributed by atoms with Crippen LogP contribution in [-0.4, -0.2) is 50.6 Å². The Labute approximate surface area is 157 Å². The van der Waals surface area contributed by atoms with Crippen LogP contribution in [0, 0.1) is 28.6 Å². The number of hydrogen-bond donors (Lipinski definition) is 1. The van der Waals surface area contributed by atoms with Crippen molar-refractivity contribution in [3.05, 3.63) is 0 Å². The van der Waals surface area contributed by atoms with E-state index in [-0.39, 0.29) is 56.3 Å². The van der Waals surface area contributed by atoms with Crippen LogP contribution in [0.25, 0.3) is 0 Å². The van der Waals surface area contributed by atoms with Crippen molar-refractivity contribution in [3.63, 3.8) is 0 Å². The van der Waals surface area contributed by atoms with Gasteiger partial charge in [0.25, 0.3) is 0 Å². The molecule has 0 aromatic carbocycles. The van der Waals surface area contributed by atoms with Gasteiger partial charge in [-0.25, -0.2) is 0 Å². The molecule has 0 aliphatic heterocycles. The molecule has 0 spiro atoms. The van der Waals surface area contributed by atoms with Gasteiger partial charge in [-0.15, -0.1) is 0 Å². The molecule has 1 rings (SSSR count). The monoisotopic (exact) mass is 372 g/mol. The highest BCUT2D eigenvalue weighted by molar-refractivity contribution is 5.75. The second kappa shape index (κ2) is 9.81. The number of esters is 1. The van der Waals surface area contributed by atoms with Crippen LogP contribution in [0.1, 0.15) is 53.9 Å². The lowest BCUT2D eigenvalue weighted by Gasteiger charge is -2.52. The molecule has 26 heavy (non-hydrogen) atoms. The van der Waals surface area contributed by atoms with Gasteiger partial charge in [-0.05, 0) is 51.4 Å². The number of rotatable bonds is 9. The van der Waals surface area contributed by atoms with Gasteiger partial charge in [0.15, 0.2) is 0 Å². The number of carbonyl (C=O) groups excluding carboxylic acids is 2. The van der Waals surface area contributed by atoms with E-state index in [1.165, 1.54) is 0 Å². The fourth-order valence-electron chi connectivity index (χ4n) is 4.22. The fraction of sp³-hybridized carbons (Fsp3) is 0.900. The minimum Gasteiger partial charge on any atom is -0.465 e. The second-order valence-electron chi connectivity index (χ2n) is 8.74. The van der Waals surface area contributed by atoms with Crippen molar-refractivity contribution in [2.75, 3.05) is 27.1 Å². The first-order chi connectivity index (χ1) is 12.1. The molecule has 0 heterocycles. The van der Waals surface area contributed by atoms with Gasteiger partial charge >= 0.3 is 5.97 Å². The molecule has 1 saturated carbocycles. The quantitative estimate of drug-likeness (QED) is 0.381. The topological polar surface area (TPSA) is 82.1 Å². The summed E-state index contributed by atoms with van der Waals surface area (Å²) >= 11 is 0. The number of aldehydes is 1. The van der Waals surface area contributed by atoms with Crippen molar-refractivity contribution in [2.24, 2.45) is 28.6 Å². The average Bonchev–Trinajstić information content (AvgIpc) is 2.58. The van der Waals surface area contributed by atoms with Gasteiger partial charge in [0.05, 0.1) is 24.7 Å². The molecule has 0 amide bonds. The summed E-state index contributed by atoms with van der Waals surface area (Å²) < 4.78 is 16.5. The summed E-state index contributed by atoms with van der Waals surface area (Å²) in [6, 6.07) is 0. The third-order valence-electron chi connectivity index (χ3n) is 5.65. The van der Waals surface area contributed by atoms with Gasteiger partial charge in [-0.2, -0.15) is 0 Å². The minimum absolute atomic E-state index is 0.00884. The van der Waals surface area contributed by atoms with E-state index in [9.17, 15) is 14.7 Å². The van der Waals surface area contributed by atoms with Crippen molar-refractivity contribution in [1.29, 1.82) is 0 Å². The minimum atomic E-state index is -0.689. The Kier molecular flexibility index (Phi) is 8.70. The molecule has 0 unspecified atom stereocenters. The predicted octanol–water partition coefficient (Wildman–Crippen LogP) is 2.81. The zero-order chi connectivity index (χ0) is 20.0. The molecule has 0 aromatic rings. The van der Waals surface area contributed by atoms with Gasteiger partial charge < -0.3 is 24.1 Å². The summed E-state index contributed by atoms with van der Waals surface area (Å²) in [5.41, 5.74) is -1.24. The third-order valence-corrected chi connectivity index (χ3v) is 5.65. The van der Waals surface area contributed by atoms with Crippen LogP contribution in [-0.2, 0) is 23.8 Å². The maximum atomic E-state index is 12.1. The molecule has 0 aromatic heterocycles. The number of ether oxygens (including phenoxy) is 3. The number of aliphatic hydroxyl groups excluding tert-OH is 1. The molecule has 152 valence electrons. The lowest BCUT2D eigenvalue weighted by Crippen LogP contribution is -2.55. The molecule has 0 bridgehead atoms. The number of methoxy groups -OCH3 is 1. The van der Waals surface area contributed by atoms with Gasteiger partial charge in [-0.3, -0.25) is 4.79 Å². The molecule has 1 fully saturated rings. The van der Waals surface area contributed by atoms with Crippen LogP contribution in [0.5, 0.6) is 0 Å². The van der Waals surface area contributed by atoms with E-state index in [2.05, 4.69) is 6.92 Å². The lowest BCUT2D eigenvalue weighted by atomic mass is 9.57. The molecule has 5 atom stereocenters. The second-order valence-corrected chi connectivity index (χ2v) is 8.74. The summed E-state index contributed by atoms with van der Waals surface area (Å²) in [6.45, 7) is 9.80. The first kappa shape index (κ1) is 23.1. The number of carbonyl (C=O) groups is 2. The summed E-state index contributed by atoms with van der Waals surface area (Å²) in [6.07, 6.45) is 2.58. The smallest absolute Gasteiger partial charge is 0.311 e. The molecule has 1 aliphatic rings. The third kappa shape index (κ3) is 5.27. The normalized spacial score (nSPS) is 30.7. The highest BCUT2D eigenvalue weighted by Gasteiger charge is 2.52. The van der Waals surface area contributed by atoms with E-state index in [4.69, 9.17) is 14.2 Å². The Bertz CT molecular complexity index is 458. The molecule has 0 radical (unpaired) electrons. The van der Waals surface area contributed by atoms with Crippen molar-refractivity contribution >= 4 is 12.3 Å². The Balaban J connectivity index is 3.01. The Hall–Kier alpha value is -0.980. The van der Waals surface area contributed by atoms with E-state index >= 15 is 0 Å². The molecule has 1 N–H and O–H groups in total. The summed E-state index contributed by atoms with van der Waals surface area (Å²) in [5, 5.41) is 10.3. The van der Waals surface area contributed by atoms with Crippen LogP contribution in [0.15, 0.2) is 0 Å². The zero-order valence-corrected chi connectivity index (χ0v) is 17.1. The summed E-state index contributed by atoms with van der Waals surface area (Å²) in [5.74, 6) is -0.0124. The SMILES string of the molecule is COCO[C@H]1[C@H](C)CC[C@H]([C@H](C)COC(=O)C(C)(C)C)[C@]1(CO)CC=O. The lowest BCUT2D eigenvalue weighted by molar-refractivity contribution is -0.196. The van der Waals surface area contributed by atoms with E-state index < -0.39 is 10.8 Å². The van der Waals surface area contributed by atoms with Crippen LogP contribution in [0.3, 0.4) is 0 Å². The summed E-state index contributed by atoms with van der Waals surface area (Å²) in [4.78, 5) is 23.5. The van der Waals surface area contributed by atoms with E-state index in [0.29, 0.717) is 0 Å². The Morgan fingerprint density at radius 2 is 2.00 bits per heavy atom. The largest absolute Gasteiger partial charge is 0.465 e. The standard InChI is InChI=1S/C20H36O6/c1-14-7-8-16(15(2)11-25-18(23)19(3,4)5)20(12-22,9-10-21)17(14)26-13-24-6/h10,14-17,22H,7-9,11-13H2,1-6H3/t14-,15-,16-,17+,20-/m1/s1. The van der Waals surface area contributed by atoms with Gasteiger partial charge in [0.2, 0.25) is 0 Å². The molecule has 1 aliphatic carbocycles. The molecular formula is C20H36O6. The van der Waals surface area contributed by atoms with E-state index in [1.54, 1.807) is 7.11 Å². The molecule has 6 heteroatoms. The van der Waals surface area contributed by atoms with Crippen molar-refractivity contribution in [3.8, 4) is 0 Å². The van der Waals surface area contributed by atoms with E-state index in [0.717, 1.165) is 19.1 Å². The summed E-state index contributed by atoms with van der Waals surface area (Å²) in [7, 11) is 1.56. The highest BCUT2D eigenvalue weighted by Crippen LogP contribution is 2.50. The van der Waals surface area contributed by atoms with Gasteiger partial charge in [0, 0.05) is 18.9 Å². The van der Waals surface area contributed by atoms with Gasteiger partial charge in [-0.1, -0.05) is 13.8 Å². The van der Waals surface area contributed by atoms with Crippen molar-refractivity contribution in [2.45, 2.75) is 60.0 Å². The Morgan fingerprint density at radius 3 is 2.50 bits per heavy atom. The number of aliphatic hydroxyl groups is 1. The Morgan fingerprint density at radius 1 is 1.35 bits per heavy atom. The number of hydrogen-bond acceptors (Lipinski definition) is 6.